The lowest BCUT2D eigenvalue weighted by Crippen LogP contribution is -2.44. The van der Waals surface area contributed by atoms with Gasteiger partial charge in [-0.05, 0) is 57.5 Å². The highest BCUT2D eigenvalue weighted by Gasteiger charge is 2.36. The maximum atomic E-state index is 13.9. The molecule has 22 heavy (non-hydrogen) atoms. The summed E-state index contributed by atoms with van der Waals surface area (Å²) in [6.07, 6.45) is 3.19. The smallest absolute Gasteiger partial charge is 0.244 e. The number of nitrogens with zero attached hydrogens (tertiary/aromatic N) is 2. The summed E-state index contributed by atoms with van der Waals surface area (Å²) in [4.78, 5) is 16.4. The number of benzene rings is 1. The second-order valence-corrected chi connectivity index (χ2v) is 6.40. The number of halogens is 1. The minimum absolute atomic E-state index is 0.0244. The number of hydrogen-bond donors (Lipinski definition) is 1. The molecule has 2 fully saturated rings. The van der Waals surface area contributed by atoms with Crippen LogP contribution < -0.4 is 10.2 Å². The zero-order chi connectivity index (χ0) is 15.5. The lowest BCUT2D eigenvalue weighted by Gasteiger charge is -2.30. The average Bonchev–Trinajstić information content (AvgIpc) is 2.90. The largest absolute Gasteiger partial charge is 0.316 e. The van der Waals surface area contributed by atoms with Gasteiger partial charge in [-0.3, -0.25) is 9.69 Å². The Morgan fingerprint density at radius 1 is 1.36 bits per heavy atom. The van der Waals surface area contributed by atoms with Crippen LogP contribution in [-0.4, -0.2) is 50.1 Å². The number of piperidine rings is 1. The van der Waals surface area contributed by atoms with Crippen molar-refractivity contribution < 1.29 is 9.18 Å². The summed E-state index contributed by atoms with van der Waals surface area (Å²) in [6.45, 7) is 3.65. The highest BCUT2D eigenvalue weighted by atomic mass is 19.1. The van der Waals surface area contributed by atoms with Gasteiger partial charge in [-0.25, -0.2) is 4.39 Å². The Morgan fingerprint density at radius 2 is 2.18 bits per heavy atom. The molecule has 0 aromatic heterocycles. The molecule has 3 rings (SSSR count). The van der Waals surface area contributed by atoms with E-state index in [2.05, 4.69) is 10.2 Å². The Morgan fingerprint density at radius 3 is 2.91 bits per heavy atom. The topological polar surface area (TPSA) is 35.6 Å². The van der Waals surface area contributed by atoms with E-state index in [4.69, 9.17) is 0 Å². The molecule has 1 amide bonds. The van der Waals surface area contributed by atoms with Crippen LogP contribution in [-0.2, 0) is 4.79 Å². The van der Waals surface area contributed by atoms with Crippen LogP contribution in [0.25, 0.3) is 0 Å². The third kappa shape index (κ3) is 3.15. The first-order valence-electron chi connectivity index (χ1n) is 8.13. The van der Waals surface area contributed by atoms with Crippen molar-refractivity contribution >= 4 is 11.6 Å². The lowest BCUT2D eigenvalue weighted by atomic mass is 9.98. The van der Waals surface area contributed by atoms with Crippen LogP contribution in [0.3, 0.4) is 0 Å². The van der Waals surface area contributed by atoms with Gasteiger partial charge in [-0.2, -0.15) is 0 Å². The number of para-hydroxylation sites is 1. The zero-order valence-electron chi connectivity index (χ0n) is 13.1. The first-order chi connectivity index (χ1) is 10.7. The van der Waals surface area contributed by atoms with Gasteiger partial charge in [0.15, 0.2) is 0 Å². The van der Waals surface area contributed by atoms with Crippen LogP contribution in [0.1, 0.15) is 19.3 Å². The summed E-state index contributed by atoms with van der Waals surface area (Å²) in [7, 11) is 2.02. The molecule has 0 aliphatic carbocycles. The minimum Gasteiger partial charge on any atom is -0.316 e. The summed E-state index contributed by atoms with van der Waals surface area (Å²) in [5, 5.41) is 3.41. The predicted octanol–water partition coefficient (Wildman–Crippen LogP) is 1.86. The van der Waals surface area contributed by atoms with Crippen molar-refractivity contribution in [2.24, 2.45) is 5.92 Å². The van der Waals surface area contributed by atoms with Crippen molar-refractivity contribution in [3.63, 3.8) is 0 Å². The van der Waals surface area contributed by atoms with Crippen LogP contribution in [0.2, 0.25) is 0 Å². The van der Waals surface area contributed by atoms with Crippen LogP contribution in [0.5, 0.6) is 0 Å². The van der Waals surface area contributed by atoms with Gasteiger partial charge < -0.3 is 10.2 Å². The monoisotopic (exact) mass is 305 g/mol. The van der Waals surface area contributed by atoms with E-state index in [1.54, 1.807) is 23.1 Å². The molecular formula is C17H24FN3O. The van der Waals surface area contributed by atoms with Crippen molar-refractivity contribution in [3.8, 4) is 0 Å². The van der Waals surface area contributed by atoms with E-state index in [0.29, 0.717) is 18.2 Å². The number of carbonyl (C=O) groups excluding carboxylic acids is 1. The quantitative estimate of drug-likeness (QED) is 0.922. The number of nitrogens with one attached hydrogen (secondary N) is 1. The number of likely N-dealkylation sites (N-methyl/N-ethyl adjacent to an activating group) is 1. The van der Waals surface area contributed by atoms with Crippen molar-refractivity contribution in [1.82, 2.24) is 10.2 Å². The fraction of sp³-hybridized carbons (Fsp3) is 0.588. The molecule has 1 aromatic rings. The lowest BCUT2D eigenvalue weighted by molar-refractivity contribution is -0.121. The maximum absolute atomic E-state index is 13.9. The fourth-order valence-corrected chi connectivity index (χ4v) is 3.60. The second kappa shape index (κ2) is 6.75. The molecule has 4 nitrogen and oxygen atoms in total. The zero-order valence-corrected chi connectivity index (χ0v) is 13.1. The van der Waals surface area contributed by atoms with Gasteiger partial charge in [0.05, 0.1) is 11.7 Å². The molecule has 120 valence electrons. The normalized spacial score (nSPS) is 26.0. The highest BCUT2D eigenvalue weighted by Crippen LogP contribution is 2.26. The van der Waals surface area contributed by atoms with Crippen LogP contribution in [0.15, 0.2) is 24.3 Å². The molecule has 2 atom stereocenters. The molecule has 0 bridgehead atoms. The van der Waals surface area contributed by atoms with Crippen molar-refractivity contribution in [1.29, 1.82) is 0 Å². The predicted molar refractivity (Wildman–Crippen MR) is 85.4 cm³/mol. The van der Waals surface area contributed by atoms with E-state index in [0.717, 1.165) is 26.1 Å². The van der Waals surface area contributed by atoms with Crippen molar-refractivity contribution in [3.05, 3.63) is 30.1 Å². The van der Waals surface area contributed by atoms with E-state index >= 15 is 0 Å². The highest BCUT2D eigenvalue weighted by molar-refractivity contribution is 5.99. The first-order valence-corrected chi connectivity index (χ1v) is 8.13. The van der Waals surface area contributed by atoms with Gasteiger partial charge in [0.25, 0.3) is 0 Å². The Labute approximate surface area is 131 Å². The number of carbonyl (C=O) groups is 1. The molecule has 0 saturated carbocycles. The summed E-state index contributed by atoms with van der Waals surface area (Å²) >= 11 is 0. The number of rotatable bonds is 4. The molecular weight excluding hydrogens is 281 g/mol. The van der Waals surface area contributed by atoms with Crippen molar-refractivity contribution in [2.45, 2.75) is 25.3 Å². The summed E-state index contributed by atoms with van der Waals surface area (Å²) in [5.41, 5.74) is 0.405. The molecule has 2 aliphatic heterocycles. The Bertz CT molecular complexity index is 530. The third-order valence-corrected chi connectivity index (χ3v) is 4.80. The van der Waals surface area contributed by atoms with E-state index in [1.807, 2.05) is 7.05 Å². The molecule has 2 unspecified atom stereocenters. The summed E-state index contributed by atoms with van der Waals surface area (Å²) in [5.74, 6) is 0.307. The SMILES string of the molecule is CN(CC1CCCNC1)C1CCN(c2ccccc2F)C1=O. The molecule has 0 spiro atoms. The van der Waals surface area contributed by atoms with Gasteiger partial charge in [-0.1, -0.05) is 12.1 Å². The number of hydrogen-bond acceptors (Lipinski definition) is 3. The first kappa shape index (κ1) is 15.4. The van der Waals surface area contributed by atoms with E-state index < -0.39 is 0 Å². The van der Waals surface area contributed by atoms with Gasteiger partial charge in [0.2, 0.25) is 5.91 Å². The number of amides is 1. The molecule has 2 saturated heterocycles. The molecule has 2 heterocycles. The van der Waals surface area contributed by atoms with Gasteiger partial charge in [0.1, 0.15) is 5.82 Å². The van der Waals surface area contributed by atoms with Crippen LogP contribution >= 0.6 is 0 Å². The van der Waals surface area contributed by atoms with Crippen LogP contribution in [0, 0.1) is 11.7 Å². The number of anilines is 1. The van der Waals surface area contributed by atoms with E-state index in [9.17, 15) is 9.18 Å². The minimum atomic E-state index is -0.323. The Kier molecular flexibility index (Phi) is 4.74. The fourth-order valence-electron chi connectivity index (χ4n) is 3.60. The second-order valence-electron chi connectivity index (χ2n) is 6.40. The van der Waals surface area contributed by atoms with Gasteiger partial charge in [0, 0.05) is 13.1 Å². The average molecular weight is 305 g/mol. The van der Waals surface area contributed by atoms with E-state index in [-0.39, 0.29) is 17.8 Å². The molecule has 1 aromatic carbocycles. The summed E-state index contributed by atoms with van der Waals surface area (Å²) in [6, 6.07) is 6.39. The van der Waals surface area contributed by atoms with Crippen molar-refractivity contribution in [2.75, 3.05) is 38.1 Å². The van der Waals surface area contributed by atoms with Gasteiger partial charge in [-0.15, -0.1) is 0 Å². The van der Waals surface area contributed by atoms with Crippen LogP contribution in [0.4, 0.5) is 10.1 Å². The Balaban J connectivity index is 1.64. The standard InChI is InChI=1S/C17H24FN3O/c1-20(12-13-5-4-9-19-11-13)16-8-10-21(17(16)22)15-7-3-2-6-14(15)18/h2-3,6-7,13,16,19H,4-5,8-12H2,1H3. The summed E-state index contributed by atoms with van der Waals surface area (Å²) < 4.78 is 13.9. The molecule has 2 aliphatic rings. The van der Waals surface area contributed by atoms with Gasteiger partial charge >= 0.3 is 0 Å². The molecule has 0 radical (unpaired) electrons. The van der Waals surface area contributed by atoms with E-state index in [1.165, 1.54) is 18.9 Å². The maximum Gasteiger partial charge on any atom is 0.244 e. The Hall–Kier alpha value is -1.46. The molecule has 5 heteroatoms. The molecule has 1 N–H and O–H groups in total. The third-order valence-electron chi connectivity index (χ3n) is 4.80.